The number of carbonyl (C=O) groups is 1. The minimum Gasteiger partial charge on any atom is -0.457 e. The Morgan fingerprint density at radius 2 is 1.73 bits per heavy atom. The van der Waals surface area contributed by atoms with Gasteiger partial charge in [0.25, 0.3) is 0 Å². The topological polar surface area (TPSA) is 161 Å². The molecule has 0 aromatic heterocycles. The van der Waals surface area contributed by atoms with Gasteiger partial charge < -0.3 is 45.1 Å². The number of hydrogen-bond donors (Lipinski definition) is 5. The zero-order valence-electron chi connectivity index (χ0n) is 28.5. The molecule has 1 unspecified atom stereocenters. The minimum absolute atomic E-state index is 0.0632. The molecule has 6 N–H and O–H groups in total. The van der Waals surface area contributed by atoms with E-state index in [9.17, 15) is 25.2 Å². The molecule has 10 nitrogen and oxygen atoms in total. The molecule has 10 heteroatoms. The third-order valence-electron chi connectivity index (χ3n) is 14.4. The van der Waals surface area contributed by atoms with Crippen molar-refractivity contribution in [3.63, 3.8) is 0 Å². The van der Waals surface area contributed by atoms with E-state index in [4.69, 9.17) is 24.7 Å². The van der Waals surface area contributed by atoms with Crippen molar-refractivity contribution in [3.05, 3.63) is 0 Å². The number of carbonyl (C=O) groups excluding carboxylic acids is 1. The molecule has 6 fully saturated rings. The first-order chi connectivity index (χ1) is 20.9. The molecule has 14 atom stereocenters. The first-order valence-corrected chi connectivity index (χ1v) is 17.5. The molecule has 1 heterocycles. The van der Waals surface area contributed by atoms with Crippen LogP contribution in [0.2, 0.25) is 0 Å². The largest absolute Gasteiger partial charge is 0.457 e. The summed E-state index contributed by atoms with van der Waals surface area (Å²) >= 11 is 0. The van der Waals surface area contributed by atoms with Gasteiger partial charge in [-0.2, -0.15) is 0 Å². The van der Waals surface area contributed by atoms with Crippen LogP contribution < -0.4 is 5.73 Å². The van der Waals surface area contributed by atoms with Gasteiger partial charge in [-0.3, -0.25) is 4.79 Å². The SMILES string of the molecule is CC(=O)O[C@@H]([C@H]1C[C@@H](C)C2[C@H](O1)[C@H](O)[C@@]1(N)[C@@H]3CC[C@H]4C(C)(C)[C@@H](O[C@@H](CO)OCCO)CC[C@@]45C[C@@]35CC[C@]21C)C(C)(C)O. The van der Waals surface area contributed by atoms with Gasteiger partial charge in [-0.1, -0.05) is 27.7 Å². The Bertz CT molecular complexity index is 1140. The second kappa shape index (κ2) is 11.1. The summed E-state index contributed by atoms with van der Waals surface area (Å²) in [5.41, 5.74) is 5.36. The molecule has 6 aliphatic rings. The lowest BCUT2D eigenvalue weighted by Gasteiger charge is -2.63. The van der Waals surface area contributed by atoms with Crippen LogP contribution in [0.5, 0.6) is 0 Å². The van der Waals surface area contributed by atoms with E-state index in [1.54, 1.807) is 13.8 Å². The molecular formula is C35H59NO9. The molecule has 5 saturated carbocycles. The number of hydrogen-bond acceptors (Lipinski definition) is 10. The first-order valence-electron chi connectivity index (χ1n) is 17.5. The quantitative estimate of drug-likeness (QED) is 0.188. The van der Waals surface area contributed by atoms with Crippen molar-refractivity contribution in [1.29, 1.82) is 0 Å². The van der Waals surface area contributed by atoms with E-state index < -0.39 is 47.8 Å². The van der Waals surface area contributed by atoms with E-state index in [2.05, 4.69) is 27.7 Å². The highest BCUT2D eigenvalue weighted by Crippen LogP contribution is 2.87. The highest BCUT2D eigenvalue weighted by atomic mass is 16.7. The van der Waals surface area contributed by atoms with Crippen LogP contribution in [0.1, 0.15) is 99.8 Å². The minimum atomic E-state index is -1.30. The van der Waals surface area contributed by atoms with E-state index in [1.807, 2.05) is 0 Å². The number of esters is 1. The number of aliphatic hydroxyl groups is 4. The molecule has 0 radical (unpaired) electrons. The fraction of sp³-hybridized carbons (Fsp3) is 0.971. The molecule has 1 aliphatic heterocycles. The number of aliphatic hydroxyl groups excluding tert-OH is 3. The number of nitrogens with two attached hydrogens (primary N) is 1. The number of fused-ring (bicyclic) bond motifs is 4. The van der Waals surface area contributed by atoms with Crippen molar-refractivity contribution in [3.8, 4) is 0 Å². The highest BCUT2D eigenvalue weighted by molar-refractivity contribution is 5.66. The molecule has 45 heavy (non-hydrogen) atoms. The molecular weight excluding hydrogens is 578 g/mol. The summed E-state index contributed by atoms with van der Waals surface area (Å²) in [6.45, 7) is 13.5. The Balaban J connectivity index is 1.27. The van der Waals surface area contributed by atoms with Crippen molar-refractivity contribution in [1.82, 2.24) is 0 Å². The van der Waals surface area contributed by atoms with Gasteiger partial charge in [0.15, 0.2) is 12.4 Å². The Morgan fingerprint density at radius 1 is 1.07 bits per heavy atom. The van der Waals surface area contributed by atoms with Gasteiger partial charge in [0, 0.05) is 6.92 Å². The van der Waals surface area contributed by atoms with Crippen LogP contribution in [0.3, 0.4) is 0 Å². The molecule has 258 valence electrons. The third-order valence-corrected chi connectivity index (χ3v) is 14.4. The van der Waals surface area contributed by atoms with Crippen LogP contribution >= 0.6 is 0 Å². The predicted octanol–water partition coefficient (Wildman–Crippen LogP) is 2.91. The fourth-order valence-corrected chi connectivity index (χ4v) is 12.7. The molecule has 0 amide bonds. The average Bonchev–Trinajstić information content (AvgIpc) is 3.59. The molecule has 2 spiro atoms. The summed E-state index contributed by atoms with van der Waals surface area (Å²) in [5.74, 6) is 0.361. The lowest BCUT2D eigenvalue weighted by Crippen LogP contribution is -2.70. The molecule has 6 rings (SSSR count). The summed E-state index contributed by atoms with van der Waals surface area (Å²) < 4.78 is 24.3. The maximum absolute atomic E-state index is 12.4. The molecule has 0 bridgehead atoms. The number of rotatable bonds is 9. The van der Waals surface area contributed by atoms with E-state index in [1.165, 1.54) is 6.92 Å². The summed E-state index contributed by atoms with van der Waals surface area (Å²) in [7, 11) is 0. The van der Waals surface area contributed by atoms with Crippen molar-refractivity contribution in [2.75, 3.05) is 19.8 Å². The third kappa shape index (κ3) is 4.67. The van der Waals surface area contributed by atoms with Crippen molar-refractivity contribution in [2.45, 2.75) is 148 Å². The lowest BCUT2D eigenvalue weighted by molar-refractivity contribution is -0.240. The van der Waals surface area contributed by atoms with Crippen LogP contribution in [-0.2, 0) is 23.7 Å². The van der Waals surface area contributed by atoms with Gasteiger partial charge in [-0.15, -0.1) is 0 Å². The second-order valence-corrected chi connectivity index (χ2v) is 17.2. The van der Waals surface area contributed by atoms with E-state index in [0.717, 1.165) is 44.9 Å². The normalized spacial score (nSPS) is 49.4. The van der Waals surface area contributed by atoms with Gasteiger partial charge in [0.2, 0.25) is 0 Å². The summed E-state index contributed by atoms with van der Waals surface area (Å²) in [5, 5.41) is 42.4. The summed E-state index contributed by atoms with van der Waals surface area (Å²) in [6.07, 6.45) is 4.06. The Morgan fingerprint density at radius 3 is 2.36 bits per heavy atom. The zero-order chi connectivity index (χ0) is 33.0. The standard InChI is InChI=1S/C35H59NO9/c1-19-16-21(29(31(5,6)41)43-20(2)39)44-27-26(19)32(7)12-13-34-18-33(34)11-10-24(45-25(17-38)42-15-14-37)30(3,4)22(33)8-9-23(34)35(32,36)28(27)40/h19,21-29,37-38,40-41H,8-18,36H2,1-7H3/t19-,21-,22+,23-,24+,25+,26?,27+,28+,29+,32-,33-,34+,35+/m1/s1. The van der Waals surface area contributed by atoms with Gasteiger partial charge in [-0.25, -0.2) is 0 Å². The Hall–Kier alpha value is -0.850. The van der Waals surface area contributed by atoms with Gasteiger partial charge in [0.05, 0.1) is 55.4 Å². The maximum Gasteiger partial charge on any atom is 0.303 e. The smallest absolute Gasteiger partial charge is 0.303 e. The molecule has 5 aliphatic carbocycles. The van der Waals surface area contributed by atoms with Crippen LogP contribution in [0, 0.1) is 45.3 Å². The van der Waals surface area contributed by atoms with Gasteiger partial charge >= 0.3 is 5.97 Å². The maximum atomic E-state index is 12.4. The Kier molecular flexibility index (Phi) is 8.38. The molecule has 0 aromatic rings. The van der Waals surface area contributed by atoms with E-state index in [0.29, 0.717) is 12.3 Å². The number of ether oxygens (including phenoxy) is 4. The zero-order valence-corrected chi connectivity index (χ0v) is 28.5. The summed E-state index contributed by atoms with van der Waals surface area (Å²) in [6, 6.07) is 0. The fourth-order valence-electron chi connectivity index (χ4n) is 12.7. The van der Waals surface area contributed by atoms with Crippen LogP contribution in [0.15, 0.2) is 0 Å². The van der Waals surface area contributed by atoms with Crippen LogP contribution in [0.25, 0.3) is 0 Å². The predicted molar refractivity (Wildman–Crippen MR) is 166 cm³/mol. The monoisotopic (exact) mass is 637 g/mol. The molecule has 0 aromatic carbocycles. The van der Waals surface area contributed by atoms with E-state index in [-0.39, 0.29) is 65.3 Å². The van der Waals surface area contributed by atoms with Gasteiger partial charge in [0.1, 0.15) is 0 Å². The molecule has 1 saturated heterocycles. The van der Waals surface area contributed by atoms with E-state index >= 15 is 0 Å². The van der Waals surface area contributed by atoms with Crippen molar-refractivity contribution in [2.24, 2.45) is 51.1 Å². The van der Waals surface area contributed by atoms with Crippen LogP contribution in [-0.4, -0.2) is 94.2 Å². The lowest BCUT2D eigenvalue weighted by atomic mass is 9.43. The second-order valence-electron chi connectivity index (χ2n) is 17.2. The van der Waals surface area contributed by atoms with Gasteiger partial charge in [-0.05, 0) is 111 Å². The average molecular weight is 638 g/mol. The summed E-state index contributed by atoms with van der Waals surface area (Å²) in [4.78, 5) is 12.0. The Labute approximate surface area is 268 Å². The highest BCUT2D eigenvalue weighted by Gasteiger charge is 2.85. The van der Waals surface area contributed by atoms with Crippen LogP contribution in [0.4, 0.5) is 0 Å². The van der Waals surface area contributed by atoms with Crippen molar-refractivity contribution >= 4 is 5.97 Å². The van der Waals surface area contributed by atoms with Crippen molar-refractivity contribution < 1.29 is 44.2 Å². The first kappa shape index (κ1) is 34.0.